The Labute approximate surface area is 245 Å². The number of nitrogens with one attached hydrogen (secondary N) is 1. The SMILES string of the molecule is CCSCC(OCc1ccc(C(=O)NC(CCSC)C(=O)O)c(-c2ccccc2C)c1)c1ccc2c(c1)OCC2. The van der Waals surface area contributed by atoms with Crippen molar-refractivity contribution in [1.29, 1.82) is 0 Å². The van der Waals surface area contributed by atoms with Crippen molar-refractivity contribution in [3.8, 4) is 16.9 Å². The average molecular weight is 580 g/mol. The Morgan fingerprint density at radius 3 is 2.67 bits per heavy atom. The van der Waals surface area contributed by atoms with Crippen LogP contribution in [0.5, 0.6) is 5.75 Å². The van der Waals surface area contributed by atoms with Crippen molar-refractivity contribution in [2.45, 2.75) is 45.4 Å². The monoisotopic (exact) mass is 579 g/mol. The fourth-order valence-corrected chi connectivity index (χ4v) is 5.96. The minimum atomic E-state index is -1.03. The molecule has 2 atom stereocenters. The normalized spacial score (nSPS) is 13.8. The van der Waals surface area contributed by atoms with E-state index in [0.717, 1.165) is 58.1 Å². The van der Waals surface area contributed by atoms with E-state index in [1.165, 1.54) is 5.56 Å². The number of ether oxygens (including phenoxy) is 2. The highest BCUT2D eigenvalue weighted by molar-refractivity contribution is 7.99. The molecule has 3 aromatic carbocycles. The van der Waals surface area contributed by atoms with Crippen LogP contribution >= 0.6 is 23.5 Å². The van der Waals surface area contributed by atoms with Crippen molar-refractivity contribution in [3.05, 3.63) is 88.5 Å². The predicted octanol–water partition coefficient (Wildman–Crippen LogP) is 6.54. The molecule has 0 saturated carbocycles. The zero-order valence-corrected chi connectivity index (χ0v) is 24.9. The molecule has 0 fully saturated rings. The first-order valence-corrected chi connectivity index (χ1v) is 16.1. The van der Waals surface area contributed by atoms with Crippen LogP contribution in [0.25, 0.3) is 11.1 Å². The first-order valence-electron chi connectivity index (χ1n) is 13.6. The van der Waals surface area contributed by atoms with Gasteiger partial charge in [-0.15, -0.1) is 0 Å². The highest BCUT2D eigenvalue weighted by Crippen LogP contribution is 2.33. The number of benzene rings is 3. The van der Waals surface area contributed by atoms with E-state index in [4.69, 9.17) is 9.47 Å². The molecule has 0 aromatic heterocycles. The second-order valence-corrected chi connectivity index (χ2v) is 12.1. The number of hydrogen-bond donors (Lipinski definition) is 2. The number of carboxylic acid groups (broad SMARTS) is 1. The summed E-state index contributed by atoms with van der Waals surface area (Å²) in [5.41, 5.74) is 6.44. The summed E-state index contributed by atoms with van der Waals surface area (Å²) in [6.45, 7) is 5.24. The number of hydrogen-bond acceptors (Lipinski definition) is 6. The molecular weight excluding hydrogens is 542 g/mol. The second-order valence-electron chi connectivity index (χ2n) is 9.77. The zero-order valence-electron chi connectivity index (χ0n) is 23.3. The number of carbonyl (C=O) groups excluding carboxylic acids is 1. The minimum Gasteiger partial charge on any atom is -0.493 e. The van der Waals surface area contributed by atoms with Crippen molar-refractivity contribution in [2.75, 3.05) is 30.1 Å². The molecule has 0 saturated heterocycles. The lowest BCUT2D eigenvalue weighted by molar-refractivity contribution is -0.139. The Hall–Kier alpha value is -2.94. The Bertz CT molecular complexity index is 1330. The molecule has 1 amide bonds. The fraction of sp³-hybridized carbons (Fsp3) is 0.375. The van der Waals surface area contributed by atoms with Gasteiger partial charge in [0.1, 0.15) is 11.8 Å². The Morgan fingerprint density at radius 2 is 1.93 bits per heavy atom. The van der Waals surface area contributed by atoms with Gasteiger partial charge in [0, 0.05) is 17.7 Å². The molecule has 1 aliphatic rings. The largest absolute Gasteiger partial charge is 0.493 e. The lowest BCUT2D eigenvalue weighted by Crippen LogP contribution is -2.41. The third-order valence-corrected chi connectivity index (χ3v) is 8.59. The predicted molar refractivity (Wildman–Crippen MR) is 165 cm³/mol. The number of rotatable bonds is 14. The summed E-state index contributed by atoms with van der Waals surface area (Å²) in [4.78, 5) is 25.2. The van der Waals surface area contributed by atoms with Crippen molar-refractivity contribution in [1.82, 2.24) is 5.32 Å². The van der Waals surface area contributed by atoms with E-state index in [-0.39, 0.29) is 6.10 Å². The molecule has 0 aliphatic carbocycles. The summed E-state index contributed by atoms with van der Waals surface area (Å²) >= 11 is 3.39. The van der Waals surface area contributed by atoms with Crippen LogP contribution in [0.1, 0.15) is 52.1 Å². The van der Waals surface area contributed by atoms with Crippen molar-refractivity contribution < 1.29 is 24.2 Å². The second kappa shape index (κ2) is 14.6. The van der Waals surface area contributed by atoms with Crippen LogP contribution in [-0.4, -0.2) is 53.1 Å². The smallest absolute Gasteiger partial charge is 0.326 e. The van der Waals surface area contributed by atoms with Gasteiger partial charge in [-0.25, -0.2) is 4.79 Å². The average Bonchev–Trinajstić information content (AvgIpc) is 3.43. The summed E-state index contributed by atoms with van der Waals surface area (Å²) in [5, 5.41) is 12.4. The summed E-state index contributed by atoms with van der Waals surface area (Å²) < 4.78 is 12.3. The first kappa shape index (κ1) is 30.0. The minimum absolute atomic E-state index is 0.0999. The topological polar surface area (TPSA) is 84.9 Å². The maximum Gasteiger partial charge on any atom is 0.326 e. The van der Waals surface area contributed by atoms with Gasteiger partial charge in [-0.1, -0.05) is 49.4 Å². The van der Waals surface area contributed by atoms with Crippen LogP contribution in [0.2, 0.25) is 0 Å². The van der Waals surface area contributed by atoms with Crippen LogP contribution in [0.15, 0.2) is 60.7 Å². The molecule has 0 spiro atoms. The lowest BCUT2D eigenvalue weighted by Gasteiger charge is -2.20. The fourth-order valence-electron chi connectivity index (χ4n) is 4.75. The number of carboxylic acids is 1. The molecule has 0 radical (unpaired) electrons. The van der Waals surface area contributed by atoms with E-state index >= 15 is 0 Å². The maximum absolute atomic E-state index is 13.4. The van der Waals surface area contributed by atoms with Gasteiger partial charge < -0.3 is 19.9 Å². The molecule has 1 heterocycles. The molecule has 4 rings (SSSR count). The van der Waals surface area contributed by atoms with E-state index in [1.54, 1.807) is 17.8 Å². The summed E-state index contributed by atoms with van der Waals surface area (Å²) in [6.07, 6.45) is 3.12. The quantitative estimate of drug-likeness (QED) is 0.224. The first-order chi connectivity index (χ1) is 19.4. The van der Waals surface area contributed by atoms with E-state index in [0.29, 0.717) is 24.3 Å². The van der Waals surface area contributed by atoms with Gasteiger partial charge in [0.05, 0.1) is 19.3 Å². The Kier molecular flexibility index (Phi) is 11.0. The molecular formula is C32H37NO5S2. The Morgan fingerprint density at radius 1 is 1.10 bits per heavy atom. The highest BCUT2D eigenvalue weighted by atomic mass is 32.2. The van der Waals surface area contributed by atoms with Crippen LogP contribution < -0.4 is 10.1 Å². The number of carbonyl (C=O) groups is 2. The number of aliphatic carboxylic acids is 1. The molecule has 6 nitrogen and oxygen atoms in total. The standard InChI is InChI=1S/C32H37NO5S2/c1-4-40-20-30(24-11-10-23-13-15-37-29(23)18-24)38-19-22-9-12-26(27(17-22)25-8-6-5-7-21(25)2)31(34)33-28(32(35)36)14-16-39-3/h5-12,17-18,28,30H,4,13-16,19-20H2,1-3H3,(H,33,34)(H,35,36). The van der Waals surface area contributed by atoms with E-state index in [9.17, 15) is 14.7 Å². The lowest BCUT2D eigenvalue weighted by atomic mass is 9.93. The maximum atomic E-state index is 13.4. The summed E-state index contributed by atoms with van der Waals surface area (Å²) in [5.74, 6) is 1.99. The number of amides is 1. The van der Waals surface area contributed by atoms with Gasteiger partial charge >= 0.3 is 5.97 Å². The van der Waals surface area contributed by atoms with Crippen LogP contribution in [0, 0.1) is 6.92 Å². The van der Waals surface area contributed by atoms with Gasteiger partial charge in [0.15, 0.2) is 0 Å². The van der Waals surface area contributed by atoms with Crippen molar-refractivity contribution >= 4 is 35.4 Å². The van der Waals surface area contributed by atoms with E-state index in [1.807, 2.05) is 61.3 Å². The number of aryl methyl sites for hydroxylation is 1. The van der Waals surface area contributed by atoms with E-state index in [2.05, 4.69) is 30.4 Å². The third kappa shape index (κ3) is 7.62. The molecule has 8 heteroatoms. The van der Waals surface area contributed by atoms with Gasteiger partial charge in [-0.05, 0) is 82.7 Å². The van der Waals surface area contributed by atoms with Crippen LogP contribution in [0.3, 0.4) is 0 Å². The van der Waals surface area contributed by atoms with E-state index < -0.39 is 17.9 Å². The molecule has 40 heavy (non-hydrogen) atoms. The zero-order chi connectivity index (χ0) is 28.5. The molecule has 212 valence electrons. The molecule has 1 aliphatic heterocycles. The number of fused-ring (bicyclic) bond motifs is 1. The van der Waals surface area contributed by atoms with Gasteiger partial charge in [0.25, 0.3) is 5.91 Å². The highest BCUT2D eigenvalue weighted by Gasteiger charge is 2.23. The summed E-state index contributed by atoms with van der Waals surface area (Å²) in [7, 11) is 0. The van der Waals surface area contributed by atoms with Gasteiger partial charge in [0.2, 0.25) is 0 Å². The van der Waals surface area contributed by atoms with Crippen molar-refractivity contribution in [3.63, 3.8) is 0 Å². The molecule has 3 aromatic rings. The van der Waals surface area contributed by atoms with Gasteiger partial charge in [-0.3, -0.25) is 4.79 Å². The molecule has 2 unspecified atom stereocenters. The van der Waals surface area contributed by atoms with Crippen LogP contribution in [0.4, 0.5) is 0 Å². The molecule has 2 N–H and O–H groups in total. The molecule has 0 bridgehead atoms. The van der Waals surface area contributed by atoms with Crippen LogP contribution in [-0.2, 0) is 22.6 Å². The van der Waals surface area contributed by atoms with Crippen molar-refractivity contribution in [2.24, 2.45) is 0 Å². The van der Waals surface area contributed by atoms with Gasteiger partial charge in [-0.2, -0.15) is 23.5 Å². The Balaban J connectivity index is 1.60. The summed E-state index contributed by atoms with van der Waals surface area (Å²) in [6, 6.07) is 19.0. The third-order valence-electron chi connectivity index (χ3n) is 6.99. The number of thioether (sulfide) groups is 2.